The van der Waals surface area contributed by atoms with Crippen molar-refractivity contribution in [1.29, 1.82) is 0 Å². The predicted molar refractivity (Wildman–Crippen MR) is 77.8 cm³/mol. The Hall–Kier alpha value is -0.750. The molecule has 1 aromatic heterocycles. The number of nitrogens with two attached hydrogens (primary N) is 1. The Labute approximate surface area is 112 Å². The number of rotatable bonds is 4. The lowest BCUT2D eigenvalue weighted by Crippen LogP contribution is -2.31. The van der Waals surface area contributed by atoms with Crippen molar-refractivity contribution in [1.82, 2.24) is 9.36 Å². The van der Waals surface area contributed by atoms with E-state index in [1.807, 2.05) is 14.0 Å². The summed E-state index contributed by atoms with van der Waals surface area (Å²) in [5, 5.41) is 0.915. The molecule has 0 aromatic carbocycles. The summed E-state index contributed by atoms with van der Waals surface area (Å²) in [4.78, 5) is 7.13. The van der Waals surface area contributed by atoms with E-state index in [0.717, 1.165) is 17.5 Å². The molecule has 0 fully saturated rings. The molecule has 0 spiro atoms. The number of hydrogen-bond acceptors (Lipinski definition) is 5. The zero-order chi connectivity index (χ0) is 13.2. The minimum Gasteiger partial charge on any atom is -0.393 e. The second-order valence-electron chi connectivity index (χ2n) is 5.33. The molecule has 0 amide bonds. The quantitative estimate of drug-likeness (QED) is 0.852. The van der Waals surface area contributed by atoms with E-state index in [9.17, 15) is 0 Å². The molecule has 0 radical (unpaired) electrons. The maximum absolute atomic E-state index is 5.61. The molecule has 0 aliphatic heterocycles. The average Bonchev–Trinajstić information content (AvgIpc) is 2.65. The molecule has 0 saturated heterocycles. The molecule has 17 heavy (non-hydrogen) atoms. The van der Waals surface area contributed by atoms with E-state index in [-0.39, 0.29) is 11.3 Å². The van der Waals surface area contributed by atoms with E-state index in [0.29, 0.717) is 4.99 Å². The van der Waals surface area contributed by atoms with Crippen molar-refractivity contribution in [3.63, 3.8) is 0 Å². The van der Waals surface area contributed by atoms with Crippen molar-refractivity contribution in [2.45, 2.75) is 33.1 Å². The summed E-state index contributed by atoms with van der Waals surface area (Å²) >= 11 is 6.39. The number of thiocarbonyl (C=S) groups is 1. The van der Waals surface area contributed by atoms with Crippen LogP contribution in [0.15, 0.2) is 0 Å². The van der Waals surface area contributed by atoms with Crippen LogP contribution in [0.3, 0.4) is 0 Å². The average molecular weight is 272 g/mol. The topological polar surface area (TPSA) is 55.0 Å². The molecular formula is C11H20N4S2. The minimum atomic E-state index is -0.00955. The molecule has 1 heterocycles. The first kappa shape index (κ1) is 14.3. The summed E-state index contributed by atoms with van der Waals surface area (Å²) in [6.07, 6.45) is 0. The van der Waals surface area contributed by atoms with Crippen molar-refractivity contribution < 1.29 is 0 Å². The molecule has 4 nitrogen and oxygen atoms in total. The van der Waals surface area contributed by atoms with Gasteiger partial charge in [-0.1, -0.05) is 39.9 Å². The number of hydrogen-bond donors (Lipinski definition) is 1. The van der Waals surface area contributed by atoms with Gasteiger partial charge < -0.3 is 10.6 Å². The van der Waals surface area contributed by atoms with Gasteiger partial charge in [-0.2, -0.15) is 4.37 Å². The minimum absolute atomic E-state index is 0.00955. The zero-order valence-electron chi connectivity index (χ0n) is 11.0. The van der Waals surface area contributed by atoms with Crippen LogP contribution in [0.1, 0.15) is 33.5 Å². The first-order valence-electron chi connectivity index (χ1n) is 5.56. The molecule has 2 N–H and O–H groups in total. The van der Waals surface area contributed by atoms with Crippen LogP contribution in [0.5, 0.6) is 0 Å². The Balaban J connectivity index is 2.74. The molecular weight excluding hydrogens is 252 g/mol. The van der Waals surface area contributed by atoms with Gasteiger partial charge in [0.15, 0.2) is 0 Å². The van der Waals surface area contributed by atoms with Crippen LogP contribution in [0.2, 0.25) is 0 Å². The van der Waals surface area contributed by atoms with Gasteiger partial charge in [-0.15, -0.1) is 0 Å². The van der Waals surface area contributed by atoms with Gasteiger partial charge in [0, 0.05) is 36.5 Å². The third-order valence-corrected chi connectivity index (χ3v) is 3.68. The van der Waals surface area contributed by atoms with Crippen LogP contribution in [0, 0.1) is 5.92 Å². The standard InChI is InChI=1S/C11H20N4S2/c1-7(8(12)16)6-15(5)10-13-9(14-17-10)11(2,3)4/h7H,6H2,1-5H3,(H2,12,16). The summed E-state index contributed by atoms with van der Waals surface area (Å²) in [6, 6.07) is 0. The largest absolute Gasteiger partial charge is 0.393 e. The van der Waals surface area contributed by atoms with Crippen molar-refractivity contribution in [3.8, 4) is 0 Å². The van der Waals surface area contributed by atoms with Crippen LogP contribution < -0.4 is 10.6 Å². The number of nitrogens with zero attached hydrogens (tertiary/aromatic N) is 3. The summed E-state index contributed by atoms with van der Waals surface area (Å²) in [6.45, 7) is 9.11. The number of anilines is 1. The van der Waals surface area contributed by atoms with Gasteiger partial charge in [0.2, 0.25) is 5.13 Å². The Morgan fingerprint density at radius 1 is 1.53 bits per heavy atom. The third kappa shape index (κ3) is 3.89. The van der Waals surface area contributed by atoms with Gasteiger partial charge >= 0.3 is 0 Å². The molecule has 0 aliphatic rings. The summed E-state index contributed by atoms with van der Waals surface area (Å²) in [5.74, 6) is 1.06. The van der Waals surface area contributed by atoms with Gasteiger partial charge in [0.05, 0.1) is 4.99 Å². The lowest BCUT2D eigenvalue weighted by Gasteiger charge is -2.19. The summed E-state index contributed by atoms with van der Waals surface area (Å²) in [5.41, 5.74) is 5.60. The van der Waals surface area contributed by atoms with E-state index in [1.54, 1.807) is 0 Å². The first-order valence-corrected chi connectivity index (χ1v) is 6.74. The van der Waals surface area contributed by atoms with Gasteiger partial charge in [0.1, 0.15) is 5.82 Å². The zero-order valence-corrected chi connectivity index (χ0v) is 12.7. The molecule has 1 aromatic rings. The number of aromatic nitrogens is 2. The van der Waals surface area contributed by atoms with Crippen molar-refractivity contribution in [2.75, 3.05) is 18.5 Å². The van der Waals surface area contributed by atoms with Crippen molar-refractivity contribution in [2.24, 2.45) is 11.7 Å². The van der Waals surface area contributed by atoms with Crippen LogP contribution in [0.4, 0.5) is 5.13 Å². The molecule has 1 rings (SSSR count). The van der Waals surface area contributed by atoms with Crippen molar-refractivity contribution in [3.05, 3.63) is 5.82 Å². The fraction of sp³-hybridized carbons (Fsp3) is 0.727. The van der Waals surface area contributed by atoms with Crippen LogP contribution >= 0.6 is 23.8 Å². The Kier molecular flexibility index (Phi) is 4.43. The van der Waals surface area contributed by atoms with Gasteiger partial charge in [0.25, 0.3) is 0 Å². The molecule has 6 heteroatoms. The van der Waals surface area contributed by atoms with E-state index < -0.39 is 0 Å². The van der Waals surface area contributed by atoms with Crippen molar-refractivity contribution >= 4 is 33.9 Å². The smallest absolute Gasteiger partial charge is 0.204 e. The molecule has 0 bridgehead atoms. The molecule has 1 unspecified atom stereocenters. The van der Waals surface area contributed by atoms with Gasteiger partial charge in [-0.25, -0.2) is 4.98 Å². The highest BCUT2D eigenvalue weighted by atomic mass is 32.1. The fourth-order valence-corrected chi connectivity index (χ4v) is 2.15. The second kappa shape index (κ2) is 5.27. The lowest BCUT2D eigenvalue weighted by atomic mass is 9.96. The maximum Gasteiger partial charge on any atom is 0.204 e. The highest BCUT2D eigenvalue weighted by molar-refractivity contribution is 7.80. The van der Waals surface area contributed by atoms with Gasteiger partial charge in [-0.3, -0.25) is 0 Å². The third-order valence-electron chi connectivity index (χ3n) is 2.45. The van der Waals surface area contributed by atoms with E-state index in [4.69, 9.17) is 18.0 Å². The Bertz CT molecular complexity index is 394. The normalized spacial score (nSPS) is 13.5. The Morgan fingerprint density at radius 3 is 2.53 bits per heavy atom. The monoisotopic (exact) mass is 272 g/mol. The predicted octanol–water partition coefficient (Wildman–Crippen LogP) is 2.19. The molecule has 96 valence electrons. The molecule has 0 aliphatic carbocycles. The van der Waals surface area contributed by atoms with Crippen LogP contribution in [-0.2, 0) is 5.41 Å². The second-order valence-corrected chi connectivity index (χ2v) is 6.54. The van der Waals surface area contributed by atoms with E-state index in [1.165, 1.54) is 11.5 Å². The highest BCUT2D eigenvalue weighted by Gasteiger charge is 2.21. The molecule has 0 saturated carbocycles. The van der Waals surface area contributed by atoms with E-state index in [2.05, 4.69) is 35.0 Å². The summed E-state index contributed by atoms with van der Waals surface area (Å²) in [7, 11) is 1.99. The molecule has 1 atom stereocenters. The summed E-state index contributed by atoms with van der Waals surface area (Å²) < 4.78 is 4.39. The van der Waals surface area contributed by atoms with E-state index >= 15 is 0 Å². The highest BCUT2D eigenvalue weighted by Crippen LogP contribution is 2.25. The lowest BCUT2D eigenvalue weighted by molar-refractivity contribution is 0.554. The first-order chi connectivity index (χ1) is 7.71. The Morgan fingerprint density at radius 2 is 2.12 bits per heavy atom. The van der Waals surface area contributed by atoms with Crippen LogP contribution in [0.25, 0.3) is 0 Å². The SMILES string of the molecule is CC(CN(C)c1nc(C(C)(C)C)ns1)C(N)=S. The maximum atomic E-state index is 5.61. The van der Waals surface area contributed by atoms with Gasteiger partial charge in [-0.05, 0) is 0 Å². The van der Waals surface area contributed by atoms with Crippen LogP contribution in [-0.4, -0.2) is 27.9 Å². The fourth-order valence-electron chi connectivity index (χ4n) is 1.25.